The summed E-state index contributed by atoms with van der Waals surface area (Å²) >= 11 is 1.70. The lowest BCUT2D eigenvalue weighted by Crippen LogP contribution is -2.36. The summed E-state index contributed by atoms with van der Waals surface area (Å²) in [5, 5.41) is 10.8. The van der Waals surface area contributed by atoms with Gasteiger partial charge in [-0.25, -0.2) is 0 Å². The minimum absolute atomic E-state index is 0. The van der Waals surface area contributed by atoms with Crippen molar-refractivity contribution in [1.82, 2.24) is 15.6 Å². The van der Waals surface area contributed by atoms with Crippen molar-refractivity contribution >= 4 is 41.3 Å². The number of aliphatic imine (C=N–C) groups is 1. The van der Waals surface area contributed by atoms with Crippen molar-refractivity contribution in [2.45, 2.75) is 19.7 Å². The predicted octanol–water partition coefficient (Wildman–Crippen LogP) is 4.21. The first-order valence-electron chi connectivity index (χ1n) is 8.41. The first-order chi connectivity index (χ1) is 12.8. The van der Waals surface area contributed by atoms with Gasteiger partial charge in [0.2, 0.25) is 0 Å². The molecular formula is C20H23IN4OS. The van der Waals surface area contributed by atoms with Gasteiger partial charge in [-0.1, -0.05) is 18.2 Å². The molecule has 1 aromatic carbocycles. The second-order valence-corrected chi connectivity index (χ2v) is 6.44. The van der Waals surface area contributed by atoms with E-state index in [-0.39, 0.29) is 24.0 Å². The Balaban J connectivity index is 0.00000261. The minimum Gasteiger partial charge on any atom is -0.487 e. The maximum Gasteiger partial charge on any atom is 0.191 e. The second-order valence-electron chi connectivity index (χ2n) is 5.66. The van der Waals surface area contributed by atoms with E-state index >= 15 is 0 Å². The number of thiophene rings is 1. The van der Waals surface area contributed by atoms with E-state index in [9.17, 15) is 0 Å². The Labute approximate surface area is 180 Å². The number of hydrogen-bond donors (Lipinski definition) is 2. The summed E-state index contributed by atoms with van der Waals surface area (Å²) in [6.45, 7) is 1.94. The van der Waals surface area contributed by atoms with Gasteiger partial charge in [-0.05, 0) is 52.2 Å². The molecule has 0 unspecified atom stereocenters. The van der Waals surface area contributed by atoms with Gasteiger partial charge in [0.25, 0.3) is 0 Å². The first kappa shape index (κ1) is 21.2. The fraction of sp³-hybridized carbons (Fsp3) is 0.200. The zero-order chi connectivity index (χ0) is 18.0. The molecule has 0 radical (unpaired) electrons. The summed E-state index contributed by atoms with van der Waals surface area (Å²) in [5.74, 6) is 1.62. The van der Waals surface area contributed by atoms with Crippen LogP contribution in [0.3, 0.4) is 0 Å². The fourth-order valence-electron chi connectivity index (χ4n) is 2.33. The highest BCUT2D eigenvalue weighted by atomic mass is 127. The smallest absolute Gasteiger partial charge is 0.191 e. The van der Waals surface area contributed by atoms with E-state index in [1.54, 1.807) is 24.6 Å². The summed E-state index contributed by atoms with van der Waals surface area (Å²) in [7, 11) is 1.78. The molecule has 0 bridgehead atoms. The van der Waals surface area contributed by atoms with Crippen LogP contribution in [0, 0.1) is 0 Å². The SMILES string of the molecule is CN=C(NCc1ccc(OCc2ccccn2)cc1)NCc1ccsc1.I. The summed E-state index contributed by atoms with van der Waals surface area (Å²) in [4.78, 5) is 8.50. The molecule has 0 saturated carbocycles. The third-order valence-electron chi connectivity index (χ3n) is 3.76. The van der Waals surface area contributed by atoms with Gasteiger partial charge in [-0.15, -0.1) is 24.0 Å². The Bertz CT molecular complexity index is 808. The maximum atomic E-state index is 5.76. The number of ether oxygens (including phenoxy) is 1. The van der Waals surface area contributed by atoms with E-state index in [1.807, 2.05) is 42.5 Å². The number of benzene rings is 1. The molecule has 0 atom stereocenters. The molecule has 0 aliphatic rings. The van der Waals surface area contributed by atoms with Gasteiger partial charge in [0.1, 0.15) is 12.4 Å². The van der Waals surface area contributed by atoms with Gasteiger partial charge in [0.05, 0.1) is 5.69 Å². The number of guanidine groups is 1. The predicted molar refractivity (Wildman–Crippen MR) is 122 cm³/mol. The van der Waals surface area contributed by atoms with Crippen LogP contribution < -0.4 is 15.4 Å². The van der Waals surface area contributed by atoms with Crippen LogP contribution in [0.5, 0.6) is 5.75 Å². The van der Waals surface area contributed by atoms with E-state index in [1.165, 1.54) is 5.56 Å². The zero-order valence-corrected chi connectivity index (χ0v) is 18.2. The van der Waals surface area contributed by atoms with Gasteiger partial charge in [0, 0.05) is 26.3 Å². The van der Waals surface area contributed by atoms with Crippen LogP contribution in [0.15, 0.2) is 70.5 Å². The molecule has 0 amide bonds. The summed E-state index contributed by atoms with van der Waals surface area (Å²) in [6, 6.07) is 16.0. The lowest BCUT2D eigenvalue weighted by Gasteiger charge is -2.12. The van der Waals surface area contributed by atoms with Crippen LogP contribution in [0.25, 0.3) is 0 Å². The topological polar surface area (TPSA) is 58.5 Å². The van der Waals surface area contributed by atoms with E-state index in [0.717, 1.165) is 29.5 Å². The van der Waals surface area contributed by atoms with Crippen molar-refractivity contribution < 1.29 is 4.74 Å². The third-order valence-corrected chi connectivity index (χ3v) is 4.49. The van der Waals surface area contributed by atoms with Crippen LogP contribution in [0.2, 0.25) is 0 Å². The minimum atomic E-state index is 0. The molecule has 142 valence electrons. The monoisotopic (exact) mass is 494 g/mol. The Morgan fingerprint density at radius 1 is 1.04 bits per heavy atom. The van der Waals surface area contributed by atoms with Crippen molar-refractivity contribution in [3.8, 4) is 5.75 Å². The number of nitrogens with one attached hydrogen (secondary N) is 2. The van der Waals surface area contributed by atoms with Crippen molar-refractivity contribution in [2.75, 3.05) is 7.05 Å². The van der Waals surface area contributed by atoms with E-state index in [0.29, 0.717) is 13.2 Å². The molecule has 5 nitrogen and oxygen atoms in total. The molecule has 0 aliphatic carbocycles. The molecule has 0 saturated heterocycles. The van der Waals surface area contributed by atoms with Crippen LogP contribution in [0.4, 0.5) is 0 Å². The zero-order valence-electron chi connectivity index (χ0n) is 15.1. The molecule has 3 aromatic rings. The van der Waals surface area contributed by atoms with Crippen molar-refractivity contribution in [2.24, 2.45) is 4.99 Å². The summed E-state index contributed by atoms with van der Waals surface area (Å²) in [5.41, 5.74) is 3.33. The van der Waals surface area contributed by atoms with Crippen LogP contribution in [0.1, 0.15) is 16.8 Å². The van der Waals surface area contributed by atoms with Crippen molar-refractivity contribution in [3.63, 3.8) is 0 Å². The number of halogens is 1. The van der Waals surface area contributed by atoms with Gasteiger partial charge in [0.15, 0.2) is 5.96 Å². The van der Waals surface area contributed by atoms with Crippen LogP contribution in [-0.4, -0.2) is 18.0 Å². The first-order valence-corrected chi connectivity index (χ1v) is 9.35. The second kappa shape index (κ2) is 11.6. The molecule has 2 N–H and O–H groups in total. The molecule has 3 rings (SSSR count). The molecule has 7 heteroatoms. The maximum absolute atomic E-state index is 5.76. The number of aromatic nitrogens is 1. The number of hydrogen-bond acceptors (Lipinski definition) is 4. The summed E-state index contributed by atoms with van der Waals surface area (Å²) < 4.78 is 5.76. The largest absolute Gasteiger partial charge is 0.487 e. The normalized spacial score (nSPS) is 10.8. The standard InChI is InChI=1S/C20H22N4OS.HI/c1-21-20(24-13-17-9-11-26-15-17)23-12-16-5-7-19(8-6-16)25-14-18-4-2-3-10-22-18;/h2-11,15H,12-14H2,1H3,(H2,21,23,24);1H. The van der Waals surface area contributed by atoms with E-state index < -0.39 is 0 Å². The van der Waals surface area contributed by atoms with E-state index in [4.69, 9.17) is 4.74 Å². The number of nitrogens with zero attached hydrogens (tertiary/aromatic N) is 2. The lowest BCUT2D eigenvalue weighted by atomic mass is 10.2. The molecule has 27 heavy (non-hydrogen) atoms. The van der Waals surface area contributed by atoms with Gasteiger partial charge in [-0.3, -0.25) is 9.98 Å². The number of pyridine rings is 1. The Morgan fingerprint density at radius 2 is 1.81 bits per heavy atom. The van der Waals surface area contributed by atoms with Gasteiger partial charge < -0.3 is 15.4 Å². The highest BCUT2D eigenvalue weighted by Crippen LogP contribution is 2.13. The molecule has 2 aromatic heterocycles. The molecule has 0 spiro atoms. The average molecular weight is 494 g/mol. The van der Waals surface area contributed by atoms with E-state index in [2.05, 4.69) is 37.4 Å². The number of rotatable bonds is 7. The third kappa shape index (κ3) is 7.18. The highest BCUT2D eigenvalue weighted by molar-refractivity contribution is 14.0. The van der Waals surface area contributed by atoms with Gasteiger partial charge in [-0.2, -0.15) is 11.3 Å². The van der Waals surface area contributed by atoms with Crippen LogP contribution >= 0.6 is 35.3 Å². The van der Waals surface area contributed by atoms with Gasteiger partial charge >= 0.3 is 0 Å². The van der Waals surface area contributed by atoms with Crippen molar-refractivity contribution in [3.05, 3.63) is 82.3 Å². The van der Waals surface area contributed by atoms with Crippen LogP contribution in [-0.2, 0) is 19.7 Å². The Morgan fingerprint density at radius 3 is 2.44 bits per heavy atom. The Hall–Kier alpha value is -2.13. The highest BCUT2D eigenvalue weighted by Gasteiger charge is 2.01. The Kier molecular flexibility index (Phi) is 9.06. The average Bonchev–Trinajstić information content (AvgIpc) is 3.22. The molecule has 2 heterocycles. The molecule has 0 aliphatic heterocycles. The molecule has 0 fully saturated rings. The van der Waals surface area contributed by atoms with Crippen molar-refractivity contribution in [1.29, 1.82) is 0 Å². The lowest BCUT2D eigenvalue weighted by molar-refractivity contribution is 0.301. The fourth-order valence-corrected chi connectivity index (χ4v) is 3.00. The summed E-state index contributed by atoms with van der Waals surface area (Å²) in [6.07, 6.45) is 1.77. The quantitative estimate of drug-likeness (QED) is 0.294. The molecular weight excluding hydrogens is 471 g/mol.